The Hall–Kier alpha value is -0.240. The predicted molar refractivity (Wildman–Crippen MR) is 67.7 cm³/mol. The first-order valence-electron chi connectivity index (χ1n) is 5.24. The van der Waals surface area contributed by atoms with Crippen molar-refractivity contribution in [2.45, 2.75) is 26.8 Å². The highest BCUT2D eigenvalue weighted by atomic mass is 35.5. The highest BCUT2D eigenvalue weighted by molar-refractivity contribution is 6.42. The van der Waals surface area contributed by atoms with E-state index in [9.17, 15) is 0 Å². The number of rotatable bonds is 4. The summed E-state index contributed by atoms with van der Waals surface area (Å²) in [6, 6.07) is 6.16. The lowest BCUT2D eigenvalue weighted by molar-refractivity contribution is 0.422. The molecule has 0 aliphatic carbocycles. The number of nitrogens with one attached hydrogen (secondary N) is 1. The van der Waals surface area contributed by atoms with E-state index in [1.54, 1.807) is 0 Å². The van der Waals surface area contributed by atoms with Gasteiger partial charge in [-0.25, -0.2) is 0 Å². The Morgan fingerprint density at radius 3 is 2.33 bits per heavy atom. The zero-order valence-corrected chi connectivity index (χ0v) is 10.9. The Bertz CT molecular complexity index is 323. The van der Waals surface area contributed by atoms with Gasteiger partial charge in [0.25, 0.3) is 0 Å². The lowest BCUT2D eigenvalue weighted by atomic mass is 9.96. The van der Waals surface area contributed by atoms with E-state index in [4.69, 9.17) is 23.2 Å². The van der Waals surface area contributed by atoms with Gasteiger partial charge in [0.05, 0.1) is 10.0 Å². The van der Waals surface area contributed by atoms with Crippen molar-refractivity contribution < 1.29 is 0 Å². The molecule has 0 amide bonds. The number of hydrogen-bond acceptors (Lipinski definition) is 1. The quantitative estimate of drug-likeness (QED) is 0.835. The maximum absolute atomic E-state index is 6.00. The first-order chi connectivity index (χ1) is 7.06. The van der Waals surface area contributed by atoms with Crippen LogP contribution in [0.4, 0.5) is 0 Å². The smallest absolute Gasteiger partial charge is 0.0595 e. The summed E-state index contributed by atoms with van der Waals surface area (Å²) in [7, 11) is 0. The molecule has 1 aromatic rings. The van der Waals surface area contributed by atoms with Crippen LogP contribution in [-0.2, 0) is 0 Å². The van der Waals surface area contributed by atoms with Gasteiger partial charge in [-0.05, 0) is 30.2 Å². The second-order valence-corrected chi connectivity index (χ2v) is 4.77. The van der Waals surface area contributed by atoms with E-state index in [0.717, 1.165) is 6.54 Å². The largest absolute Gasteiger partial charge is 0.310 e. The molecule has 0 bridgehead atoms. The van der Waals surface area contributed by atoms with E-state index in [1.165, 1.54) is 5.56 Å². The minimum atomic E-state index is 0.338. The summed E-state index contributed by atoms with van der Waals surface area (Å²) in [4.78, 5) is 0. The average Bonchev–Trinajstić information content (AvgIpc) is 2.18. The minimum absolute atomic E-state index is 0.338. The molecule has 0 radical (unpaired) electrons. The van der Waals surface area contributed by atoms with Gasteiger partial charge >= 0.3 is 0 Å². The van der Waals surface area contributed by atoms with Crippen LogP contribution in [0.1, 0.15) is 32.4 Å². The third kappa shape index (κ3) is 3.37. The molecule has 0 spiro atoms. The summed E-state index contributed by atoms with van der Waals surface area (Å²) in [5, 5.41) is 4.68. The molecule has 1 atom stereocenters. The third-order valence-corrected chi connectivity index (χ3v) is 3.13. The fourth-order valence-electron chi connectivity index (χ4n) is 1.66. The molecule has 1 N–H and O–H groups in total. The van der Waals surface area contributed by atoms with Crippen molar-refractivity contribution >= 4 is 23.2 Å². The number of benzene rings is 1. The van der Waals surface area contributed by atoms with Crippen molar-refractivity contribution in [1.29, 1.82) is 0 Å². The molecule has 0 fully saturated rings. The van der Waals surface area contributed by atoms with Gasteiger partial charge < -0.3 is 5.32 Å². The predicted octanol–water partition coefficient (Wildman–Crippen LogP) is 4.30. The van der Waals surface area contributed by atoms with Crippen LogP contribution in [0.2, 0.25) is 10.0 Å². The van der Waals surface area contributed by atoms with Crippen molar-refractivity contribution in [1.82, 2.24) is 5.32 Å². The molecule has 0 heterocycles. The molecule has 0 saturated carbocycles. The van der Waals surface area contributed by atoms with Gasteiger partial charge in [0.2, 0.25) is 0 Å². The second kappa shape index (κ2) is 5.74. The number of hydrogen-bond donors (Lipinski definition) is 1. The molecule has 84 valence electrons. The van der Waals surface area contributed by atoms with Crippen LogP contribution < -0.4 is 5.32 Å². The Kier molecular flexibility index (Phi) is 4.91. The first kappa shape index (κ1) is 12.8. The molecule has 1 rings (SSSR count). The molecule has 3 heteroatoms. The maximum atomic E-state index is 6.00. The van der Waals surface area contributed by atoms with Crippen LogP contribution in [0.25, 0.3) is 0 Å². The molecule has 1 aromatic carbocycles. The van der Waals surface area contributed by atoms with Crippen molar-refractivity contribution in [3.05, 3.63) is 33.8 Å². The van der Waals surface area contributed by atoms with Crippen molar-refractivity contribution in [2.75, 3.05) is 6.54 Å². The van der Waals surface area contributed by atoms with Crippen LogP contribution >= 0.6 is 23.2 Å². The van der Waals surface area contributed by atoms with E-state index in [2.05, 4.69) is 26.1 Å². The fraction of sp³-hybridized carbons (Fsp3) is 0.500. The fourth-order valence-corrected chi connectivity index (χ4v) is 1.97. The average molecular weight is 246 g/mol. The third-order valence-electron chi connectivity index (χ3n) is 2.39. The maximum Gasteiger partial charge on any atom is 0.0595 e. The Morgan fingerprint density at radius 1 is 1.20 bits per heavy atom. The van der Waals surface area contributed by atoms with E-state index in [1.807, 2.05) is 18.2 Å². The van der Waals surface area contributed by atoms with E-state index >= 15 is 0 Å². The summed E-state index contributed by atoms with van der Waals surface area (Å²) in [5.74, 6) is 0.530. The van der Waals surface area contributed by atoms with Gasteiger partial charge in [0, 0.05) is 6.04 Å². The summed E-state index contributed by atoms with van der Waals surface area (Å²) in [6.45, 7) is 7.43. The lowest BCUT2D eigenvalue weighted by Gasteiger charge is -2.22. The van der Waals surface area contributed by atoms with E-state index in [-0.39, 0.29) is 0 Å². The lowest BCUT2D eigenvalue weighted by Crippen LogP contribution is -2.25. The highest BCUT2D eigenvalue weighted by Gasteiger charge is 2.15. The van der Waals surface area contributed by atoms with E-state index < -0.39 is 0 Å². The van der Waals surface area contributed by atoms with Gasteiger partial charge in [-0.2, -0.15) is 0 Å². The highest BCUT2D eigenvalue weighted by Crippen LogP contribution is 2.28. The minimum Gasteiger partial charge on any atom is -0.310 e. The molecular formula is C12H17Cl2N. The van der Waals surface area contributed by atoms with Gasteiger partial charge in [-0.15, -0.1) is 0 Å². The molecule has 15 heavy (non-hydrogen) atoms. The van der Waals surface area contributed by atoms with Crippen LogP contribution in [-0.4, -0.2) is 6.54 Å². The molecule has 0 aromatic heterocycles. The number of halogens is 2. The van der Waals surface area contributed by atoms with Crippen molar-refractivity contribution in [3.8, 4) is 0 Å². The monoisotopic (exact) mass is 245 g/mol. The van der Waals surface area contributed by atoms with Gasteiger partial charge in [0.15, 0.2) is 0 Å². The summed E-state index contributed by atoms with van der Waals surface area (Å²) < 4.78 is 0. The normalized spacial score (nSPS) is 13.2. The van der Waals surface area contributed by atoms with Gasteiger partial charge in [-0.1, -0.05) is 50.0 Å². The molecular weight excluding hydrogens is 229 g/mol. The SMILES string of the molecule is CCNC(c1ccc(Cl)c(Cl)c1)C(C)C. The van der Waals surface area contributed by atoms with Gasteiger partial charge in [0.1, 0.15) is 0 Å². The topological polar surface area (TPSA) is 12.0 Å². The molecule has 0 aliphatic heterocycles. The summed E-state index contributed by atoms with van der Waals surface area (Å²) >= 11 is 11.9. The van der Waals surface area contributed by atoms with Crippen molar-refractivity contribution in [3.63, 3.8) is 0 Å². The van der Waals surface area contributed by atoms with Crippen LogP contribution in [0, 0.1) is 5.92 Å². The van der Waals surface area contributed by atoms with Crippen LogP contribution in [0.15, 0.2) is 18.2 Å². The second-order valence-electron chi connectivity index (χ2n) is 3.95. The van der Waals surface area contributed by atoms with E-state index in [0.29, 0.717) is 22.0 Å². The standard InChI is InChI=1S/C12H17Cl2N/c1-4-15-12(8(2)3)9-5-6-10(13)11(14)7-9/h5-8,12,15H,4H2,1-3H3. The Labute approximate surface area is 102 Å². The Balaban J connectivity index is 2.95. The van der Waals surface area contributed by atoms with Crippen LogP contribution in [0.3, 0.4) is 0 Å². The van der Waals surface area contributed by atoms with Crippen molar-refractivity contribution in [2.24, 2.45) is 5.92 Å². The zero-order chi connectivity index (χ0) is 11.4. The molecule has 1 unspecified atom stereocenters. The Morgan fingerprint density at radius 2 is 1.87 bits per heavy atom. The van der Waals surface area contributed by atoms with Gasteiger partial charge in [-0.3, -0.25) is 0 Å². The molecule has 0 saturated heterocycles. The molecule has 0 aliphatic rings. The first-order valence-corrected chi connectivity index (χ1v) is 6.00. The summed E-state index contributed by atoms with van der Waals surface area (Å²) in [5.41, 5.74) is 1.20. The zero-order valence-electron chi connectivity index (χ0n) is 9.35. The molecule has 1 nitrogen and oxygen atoms in total. The van der Waals surface area contributed by atoms with Crippen LogP contribution in [0.5, 0.6) is 0 Å². The summed E-state index contributed by atoms with van der Waals surface area (Å²) in [6.07, 6.45) is 0.